The third-order valence-electron chi connectivity index (χ3n) is 9.63. The minimum absolute atomic E-state index is 0.0788. The molecule has 2 amide bonds. The summed E-state index contributed by atoms with van der Waals surface area (Å²) in [5.41, 5.74) is 11.0. The van der Waals surface area contributed by atoms with E-state index in [1.165, 1.54) is 6.42 Å². The molecule has 4 bridgehead atoms. The molecule has 15 nitrogen and oxygen atoms in total. The number of rotatable bonds is 3. The molecule has 0 spiro atoms. The van der Waals surface area contributed by atoms with E-state index >= 15 is 0 Å². The van der Waals surface area contributed by atoms with Crippen LogP contribution in [0.15, 0.2) is 97.8 Å². The number of hydrogen-bond donors (Lipinski definition) is 3. The Morgan fingerprint density at radius 3 is 2.02 bits per heavy atom. The van der Waals surface area contributed by atoms with Crippen LogP contribution in [0.1, 0.15) is 24.2 Å². The van der Waals surface area contributed by atoms with Crippen molar-refractivity contribution in [2.24, 2.45) is 0 Å². The van der Waals surface area contributed by atoms with Gasteiger partial charge >= 0.3 is 6.03 Å². The molecule has 54 heavy (non-hydrogen) atoms. The number of nitrogens with one attached hydrogen (secondary N) is 2. The molecule has 2 fully saturated rings. The molecular weight excluding hydrogens is 681 g/mol. The van der Waals surface area contributed by atoms with Crippen LogP contribution < -0.4 is 31.1 Å². The Morgan fingerprint density at radius 2 is 1.39 bits per heavy atom. The molecule has 0 aromatic carbocycles. The number of nitrogen functional groups attached to an aromatic ring is 1. The lowest BCUT2D eigenvalue weighted by Gasteiger charge is -2.35. The second-order valence-electron chi connectivity index (χ2n) is 13.4. The Hall–Kier alpha value is -6.77. The maximum Gasteiger partial charge on any atom is 0.329 e. The first-order valence-electron chi connectivity index (χ1n) is 17.9. The summed E-state index contributed by atoms with van der Waals surface area (Å²) in [5.74, 6) is 3.98. The second-order valence-corrected chi connectivity index (χ2v) is 13.4. The maximum atomic E-state index is 13.1. The Morgan fingerprint density at radius 1 is 0.722 bits per heavy atom. The number of aryl methyl sites for hydroxylation is 2. The number of fused-ring (bicyclic) bond motifs is 8. The van der Waals surface area contributed by atoms with E-state index in [2.05, 4.69) is 55.3 Å². The average molecular weight is 721 g/mol. The van der Waals surface area contributed by atoms with Crippen molar-refractivity contribution in [2.75, 3.05) is 57.2 Å². The van der Waals surface area contributed by atoms with Crippen molar-refractivity contribution in [1.29, 1.82) is 0 Å². The highest BCUT2D eigenvalue weighted by molar-refractivity contribution is 6.04. The van der Waals surface area contributed by atoms with Crippen LogP contribution in [0.2, 0.25) is 0 Å². The molecule has 4 aliphatic rings. The largest absolute Gasteiger partial charge is 0.384 e. The van der Waals surface area contributed by atoms with Gasteiger partial charge in [0.1, 0.15) is 11.6 Å². The summed E-state index contributed by atoms with van der Waals surface area (Å²) in [4.78, 5) is 54.4. The van der Waals surface area contributed by atoms with Crippen LogP contribution in [0.25, 0.3) is 22.8 Å². The normalized spacial score (nSPS) is 17.2. The van der Waals surface area contributed by atoms with Crippen LogP contribution in [0.4, 0.5) is 39.4 Å². The molecule has 0 aliphatic carbocycles. The van der Waals surface area contributed by atoms with Crippen molar-refractivity contribution in [1.82, 2.24) is 39.9 Å². The Bertz CT molecular complexity index is 2220. The van der Waals surface area contributed by atoms with E-state index in [0.29, 0.717) is 29.3 Å². The van der Waals surface area contributed by atoms with Crippen molar-refractivity contribution in [3.8, 4) is 22.8 Å². The number of amides is 2. The molecule has 2 atom stereocenters. The Balaban J connectivity index is 0.000000136. The minimum Gasteiger partial charge on any atom is -0.384 e. The highest BCUT2D eigenvalue weighted by Gasteiger charge is 2.41. The summed E-state index contributed by atoms with van der Waals surface area (Å²) in [7, 11) is 0. The molecule has 0 radical (unpaired) electrons. The monoisotopic (exact) mass is 720 g/mol. The van der Waals surface area contributed by atoms with Gasteiger partial charge < -0.3 is 20.9 Å². The maximum absolute atomic E-state index is 13.1. The molecule has 272 valence electrons. The van der Waals surface area contributed by atoms with Crippen molar-refractivity contribution in [2.45, 2.75) is 38.8 Å². The minimum atomic E-state index is -0.224. The van der Waals surface area contributed by atoms with Crippen molar-refractivity contribution >= 4 is 40.7 Å². The van der Waals surface area contributed by atoms with E-state index in [-0.39, 0.29) is 12.1 Å². The zero-order chi connectivity index (χ0) is 37.0. The van der Waals surface area contributed by atoms with Crippen molar-refractivity contribution in [3.05, 3.63) is 109 Å². The quantitative estimate of drug-likeness (QED) is 0.212. The first-order chi connectivity index (χ1) is 26.4. The van der Waals surface area contributed by atoms with Gasteiger partial charge in [0.2, 0.25) is 0 Å². The lowest BCUT2D eigenvalue weighted by Crippen LogP contribution is -2.48. The number of pyridine rings is 4. The molecule has 6 aromatic rings. The van der Waals surface area contributed by atoms with E-state index in [9.17, 15) is 4.79 Å². The molecule has 15 heteroatoms. The molecular formula is C39H40N14O. The first kappa shape index (κ1) is 34.3. The summed E-state index contributed by atoms with van der Waals surface area (Å²) in [6.07, 6.45) is 12.7. The van der Waals surface area contributed by atoms with Gasteiger partial charge in [-0.1, -0.05) is 12.1 Å². The zero-order valence-corrected chi connectivity index (χ0v) is 30.0. The van der Waals surface area contributed by atoms with E-state index in [1.807, 2.05) is 74.8 Å². The second kappa shape index (κ2) is 15.1. The van der Waals surface area contributed by atoms with E-state index < -0.39 is 0 Å². The molecule has 0 unspecified atom stereocenters. The summed E-state index contributed by atoms with van der Waals surface area (Å²) >= 11 is 0. The fraction of sp³-hybridized carbons (Fsp3) is 0.256. The standard InChI is InChI=1S/C20H19N7O.C14H15N5.C5H6N2/c1-13-5-6-14(10-22-13)18-23-11-16-19(25-18)27(15-7-9-26(16)12-15)20(28)24-17-4-2-3-8-21-17;1-9-2-3-10(6-15-9)13-16-7-12-14(18-13)17-11-4-5-19(12)8-11;6-5-3-1-2-4-7-5/h2-6,8,10-11,15H,7,9,12H2,1H3,(H,21,24,28);2-3,6-7,11H,4-5,8H2,1H3,(H,16,17,18);1-4H,(H2,6,7)/t15-;11-;/m00./s1. The van der Waals surface area contributed by atoms with Gasteiger partial charge in [-0.3, -0.25) is 20.2 Å². The number of carbonyl (C=O) groups excluding carboxylic acids is 1. The fourth-order valence-electron chi connectivity index (χ4n) is 6.84. The Labute approximate surface area is 312 Å². The van der Waals surface area contributed by atoms with Crippen LogP contribution in [0, 0.1) is 13.8 Å². The van der Waals surface area contributed by atoms with Gasteiger partial charge in [0, 0.05) is 79.5 Å². The van der Waals surface area contributed by atoms with Gasteiger partial charge in [0.15, 0.2) is 23.3 Å². The SMILES string of the molecule is Cc1ccc(-c2ncc3c(n2)N(C(=O)Nc2ccccn2)[C@H]2CCN3C2)cn1.Cc1ccc(-c2ncc3c(n2)N[C@H]2CCN3C2)cn1.Nc1ccccn1. The lowest BCUT2D eigenvalue weighted by molar-refractivity contribution is 0.254. The summed E-state index contributed by atoms with van der Waals surface area (Å²) < 4.78 is 0. The van der Waals surface area contributed by atoms with Crippen molar-refractivity contribution < 1.29 is 4.79 Å². The summed E-state index contributed by atoms with van der Waals surface area (Å²) in [5, 5.41) is 6.38. The van der Waals surface area contributed by atoms with Gasteiger partial charge in [0.05, 0.1) is 29.8 Å². The van der Waals surface area contributed by atoms with Crippen LogP contribution in [0.5, 0.6) is 0 Å². The zero-order valence-electron chi connectivity index (χ0n) is 30.0. The number of hydrogen-bond acceptors (Lipinski definition) is 13. The topological polar surface area (TPSA) is 180 Å². The van der Waals surface area contributed by atoms with Gasteiger partial charge in [-0.2, -0.15) is 0 Å². The number of nitrogens with two attached hydrogens (primary N) is 1. The van der Waals surface area contributed by atoms with Gasteiger partial charge in [-0.25, -0.2) is 34.7 Å². The summed E-state index contributed by atoms with van der Waals surface area (Å²) in [6, 6.07) is 19.1. The van der Waals surface area contributed by atoms with E-state index in [0.717, 1.165) is 78.1 Å². The number of aromatic nitrogens is 8. The number of nitrogens with zero attached hydrogens (tertiary/aromatic N) is 11. The Kier molecular flexibility index (Phi) is 9.58. The smallest absolute Gasteiger partial charge is 0.329 e. The fourth-order valence-corrected chi connectivity index (χ4v) is 6.84. The lowest BCUT2D eigenvalue weighted by atomic mass is 10.2. The number of anilines is 6. The van der Waals surface area contributed by atoms with Gasteiger partial charge in [0.25, 0.3) is 0 Å². The van der Waals surface area contributed by atoms with Crippen molar-refractivity contribution in [3.63, 3.8) is 0 Å². The predicted octanol–water partition coefficient (Wildman–Crippen LogP) is 5.39. The molecule has 10 rings (SSSR count). The average Bonchev–Trinajstić information content (AvgIpc) is 3.80. The van der Waals surface area contributed by atoms with E-state index in [4.69, 9.17) is 10.7 Å². The molecule has 4 N–H and O–H groups in total. The highest BCUT2D eigenvalue weighted by atomic mass is 16.2. The number of urea groups is 1. The van der Waals surface area contributed by atoms with Crippen LogP contribution in [0.3, 0.4) is 0 Å². The summed E-state index contributed by atoms with van der Waals surface area (Å²) in [6.45, 7) is 7.76. The van der Waals surface area contributed by atoms with Gasteiger partial charge in [-0.05, 0) is 75.2 Å². The molecule has 4 aliphatic heterocycles. The first-order valence-corrected chi connectivity index (χ1v) is 17.9. The van der Waals surface area contributed by atoms with Gasteiger partial charge in [-0.15, -0.1) is 0 Å². The van der Waals surface area contributed by atoms with Crippen LogP contribution in [-0.4, -0.2) is 84.2 Å². The van der Waals surface area contributed by atoms with Crippen LogP contribution in [-0.2, 0) is 0 Å². The molecule has 2 saturated heterocycles. The van der Waals surface area contributed by atoms with E-state index in [1.54, 1.807) is 41.8 Å². The molecule has 10 heterocycles. The number of carbonyl (C=O) groups is 1. The third-order valence-corrected chi connectivity index (χ3v) is 9.63. The predicted molar refractivity (Wildman–Crippen MR) is 209 cm³/mol. The third kappa shape index (κ3) is 7.42. The molecule has 0 saturated carbocycles. The highest BCUT2D eigenvalue weighted by Crippen LogP contribution is 2.39. The molecule has 6 aromatic heterocycles. The van der Waals surface area contributed by atoms with Crippen LogP contribution >= 0.6 is 0 Å².